The number of carbonyl (C=O) groups is 1. The summed E-state index contributed by atoms with van der Waals surface area (Å²) in [6.45, 7) is 2.30. The van der Waals surface area contributed by atoms with Gasteiger partial charge in [0.1, 0.15) is 5.82 Å². The number of thioether (sulfide) groups is 1. The van der Waals surface area contributed by atoms with E-state index in [1.54, 1.807) is 11.8 Å². The van der Waals surface area contributed by atoms with E-state index in [2.05, 4.69) is 5.16 Å². The molecule has 2 atom stereocenters. The smallest absolute Gasteiger partial charge is 0.305 e. The van der Waals surface area contributed by atoms with Crippen molar-refractivity contribution in [3.63, 3.8) is 0 Å². The Balaban J connectivity index is 1.61. The minimum atomic E-state index is -0.193. The second-order valence-corrected chi connectivity index (χ2v) is 9.22. The van der Waals surface area contributed by atoms with Crippen molar-refractivity contribution >= 4 is 23.4 Å². The molecule has 0 aliphatic heterocycles. The van der Waals surface area contributed by atoms with E-state index in [-0.39, 0.29) is 11.8 Å². The van der Waals surface area contributed by atoms with Crippen LogP contribution in [0, 0.1) is 17.7 Å². The molecule has 1 aromatic rings. The lowest BCUT2D eigenvalue weighted by molar-refractivity contribution is -0.143. The van der Waals surface area contributed by atoms with Crippen LogP contribution < -0.4 is 0 Å². The summed E-state index contributed by atoms with van der Waals surface area (Å²) in [4.78, 5) is 12.5. The molecule has 0 aromatic heterocycles. The number of hydrogen-bond acceptors (Lipinski definition) is 5. The maximum atomic E-state index is 13.0. The SMILES string of the molecule is CCOC(=O)CCCCCC[C@H]1CC/C(=N/O)[C@@H]1CCCCSc1ccc(F)cc1. The fourth-order valence-corrected chi connectivity index (χ4v) is 5.23. The molecule has 0 amide bonds. The van der Waals surface area contributed by atoms with E-state index in [4.69, 9.17) is 4.74 Å². The summed E-state index contributed by atoms with van der Waals surface area (Å²) in [5.41, 5.74) is 0.980. The first-order chi connectivity index (χ1) is 14.6. The zero-order valence-corrected chi connectivity index (χ0v) is 19.0. The summed E-state index contributed by atoms with van der Waals surface area (Å²) >= 11 is 1.77. The van der Waals surface area contributed by atoms with Gasteiger partial charge in [0, 0.05) is 17.2 Å². The fourth-order valence-electron chi connectivity index (χ4n) is 4.31. The van der Waals surface area contributed by atoms with Crippen molar-refractivity contribution in [3.05, 3.63) is 30.1 Å². The number of benzene rings is 1. The maximum Gasteiger partial charge on any atom is 0.305 e. The van der Waals surface area contributed by atoms with Crippen LogP contribution in [0.4, 0.5) is 4.39 Å². The summed E-state index contributed by atoms with van der Waals surface area (Å²) in [6.07, 6.45) is 11.3. The van der Waals surface area contributed by atoms with Gasteiger partial charge in [0.25, 0.3) is 0 Å². The molecule has 0 heterocycles. The molecule has 6 heteroatoms. The summed E-state index contributed by atoms with van der Waals surface area (Å²) in [6, 6.07) is 6.67. The van der Waals surface area contributed by atoms with Crippen LogP contribution in [0.2, 0.25) is 0 Å². The van der Waals surface area contributed by atoms with E-state index in [1.165, 1.54) is 25.0 Å². The maximum absolute atomic E-state index is 13.0. The second-order valence-electron chi connectivity index (χ2n) is 8.05. The molecule has 1 aliphatic carbocycles. The lowest BCUT2D eigenvalue weighted by Gasteiger charge is -2.19. The van der Waals surface area contributed by atoms with Gasteiger partial charge in [-0.1, -0.05) is 30.8 Å². The number of nitrogens with zero attached hydrogens (tertiary/aromatic N) is 1. The van der Waals surface area contributed by atoms with E-state index in [9.17, 15) is 14.4 Å². The molecule has 2 rings (SSSR count). The highest BCUT2D eigenvalue weighted by molar-refractivity contribution is 7.99. The third-order valence-corrected chi connectivity index (χ3v) is 7.00. The van der Waals surface area contributed by atoms with E-state index in [0.29, 0.717) is 24.9 Å². The van der Waals surface area contributed by atoms with Gasteiger partial charge in [-0.3, -0.25) is 4.79 Å². The molecular formula is C24H36FNO3S. The number of halogens is 1. The highest BCUT2D eigenvalue weighted by Crippen LogP contribution is 2.37. The molecule has 1 aromatic carbocycles. The van der Waals surface area contributed by atoms with Gasteiger partial charge in [-0.25, -0.2) is 4.39 Å². The van der Waals surface area contributed by atoms with E-state index in [1.807, 2.05) is 19.1 Å². The lowest BCUT2D eigenvalue weighted by atomic mass is 9.86. The number of unbranched alkanes of at least 4 members (excludes halogenated alkanes) is 4. The quantitative estimate of drug-likeness (QED) is 0.114. The standard InChI is InChI=1S/C24H36FNO3S/c1-2-29-24(27)11-6-4-3-5-9-19-12-17-23(26-28)22(19)10-7-8-18-30-21-15-13-20(25)14-16-21/h13-16,19,22,28H,2-12,17-18H2,1H3/b26-23-/t19-,22+/m0/s1. The molecule has 0 bridgehead atoms. The Kier molecular flexibility index (Phi) is 11.9. The van der Waals surface area contributed by atoms with Crippen molar-refractivity contribution in [3.8, 4) is 0 Å². The largest absolute Gasteiger partial charge is 0.466 e. The van der Waals surface area contributed by atoms with Gasteiger partial charge in [-0.15, -0.1) is 11.8 Å². The molecule has 0 saturated heterocycles. The molecule has 30 heavy (non-hydrogen) atoms. The van der Waals surface area contributed by atoms with Crippen LogP contribution >= 0.6 is 11.8 Å². The topological polar surface area (TPSA) is 58.9 Å². The molecule has 168 valence electrons. The van der Waals surface area contributed by atoms with E-state index in [0.717, 1.165) is 67.7 Å². The van der Waals surface area contributed by atoms with Crippen LogP contribution in [-0.2, 0) is 9.53 Å². The number of rotatable bonds is 14. The van der Waals surface area contributed by atoms with Crippen LogP contribution in [0.5, 0.6) is 0 Å². The summed E-state index contributed by atoms with van der Waals surface area (Å²) in [5.74, 6) is 1.77. The highest BCUT2D eigenvalue weighted by atomic mass is 32.2. The van der Waals surface area contributed by atoms with Crippen LogP contribution in [0.3, 0.4) is 0 Å². The van der Waals surface area contributed by atoms with Crippen molar-refractivity contribution in [1.82, 2.24) is 0 Å². The molecule has 4 nitrogen and oxygen atoms in total. The first-order valence-corrected chi connectivity index (χ1v) is 12.4. The monoisotopic (exact) mass is 437 g/mol. The molecule has 1 fully saturated rings. The van der Waals surface area contributed by atoms with Crippen LogP contribution in [0.15, 0.2) is 34.3 Å². The van der Waals surface area contributed by atoms with Crippen LogP contribution in [0.1, 0.15) is 77.6 Å². The third kappa shape index (κ3) is 9.07. The fraction of sp³-hybridized carbons (Fsp3) is 0.667. The number of esters is 1. The van der Waals surface area contributed by atoms with Gasteiger partial charge in [0.05, 0.1) is 12.3 Å². The normalized spacial score (nSPS) is 20.0. The van der Waals surface area contributed by atoms with Crippen LogP contribution in [0.25, 0.3) is 0 Å². The van der Waals surface area contributed by atoms with E-state index >= 15 is 0 Å². The minimum absolute atomic E-state index is 0.0882. The number of ether oxygens (including phenoxy) is 1. The summed E-state index contributed by atoms with van der Waals surface area (Å²) in [5, 5.41) is 13.0. The molecule has 1 N–H and O–H groups in total. The predicted molar refractivity (Wildman–Crippen MR) is 121 cm³/mol. The van der Waals surface area contributed by atoms with Gasteiger partial charge >= 0.3 is 5.97 Å². The summed E-state index contributed by atoms with van der Waals surface area (Å²) in [7, 11) is 0. The Labute approximate surface area is 184 Å². The Morgan fingerprint density at radius 2 is 1.87 bits per heavy atom. The van der Waals surface area contributed by atoms with Gasteiger partial charge in [0.2, 0.25) is 0 Å². The zero-order chi connectivity index (χ0) is 21.6. The predicted octanol–water partition coefficient (Wildman–Crippen LogP) is 6.85. The Morgan fingerprint density at radius 3 is 2.60 bits per heavy atom. The molecule has 0 radical (unpaired) electrons. The van der Waals surface area contributed by atoms with Gasteiger partial charge in [-0.05, 0) is 81.4 Å². The summed E-state index contributed by atoms with van der Waals surface area (Å²) < 4.78 is 17.9. The van der Waals surface area contributed by atoms with Crippen molar-refractivity contribution in [2.75, 3.05) is 12.4 Å². The van der Waals surface area contributed by atoms with Crippen molar-refractivity contribution in [1.29, 1.82) is 0 Å². The molecular weight excluding hydrogens is 401 g/mol. The van der Waals surface area contributed by atoms with Crippen LogP contribution in [-0.4, -0.2) is 29.2 Å². The average molecular weight is 438 g/mol. The van der Waals surface area contributed by atoms with E-state index < -0.39 is 0 Å². The zero-order valence-electron chi connectivity index (χ0n) is 18.2. The van der Waals surface area contributed by atoms with Crippen molar-refractivity contribution < 1.29 is 19.1 Å². The third-order valence-electron chi connectivity index (χ3n) is 5.90. The number of carbonyl (C=O) groups excluding carboxylic acids is 1. The van der Waals surface area contributed by atoms with Crippen molar-refractivity contribution in [2.45, 2.75) is 82.4 Å². The molecule has 1 saturated carbocycles. The molecule has 0 spiro atoms. The lowest BCUT2D eigenvalue weighted by Crippen LogP contribution is -2.15. The Hall–Kier alpha value is -1.56. The van der Waals surface area contributed by atoms with Gasteiger partial charge < -0.3 is 9.94 Å². The Morgan fingerprint density at radius 1 is 1.13 bits per heavy atom. The minimum Gasteiger partial charge on any atom is -0.466 e. The van der Waals surface area contributed by atoms with Crippen molar-refractivity contribution in [2.24, 2.45) is 17.0 Å². The van der Waals surface area contributed by atoms with Gasteiger partial charge in [-0.2, -0.15) is 0 Å². The highest BCUT2D eigenvalue weighted by Gasteiger charge is 2.32. The van der Waals surface area contributed by atoms with Gasteiger partial charge in [0.15, 0.2) is 0 Å². The number of oxime groups is 1. The number of hydrogen-bond donors (Lipinski definition) is 1. The molecule has 0 unspecified atom stereocenters. The average Bonchev–Trinajstić information content (AvgIpc) is 3.13. The molecule has 1 aliphatic rings. The first-order valence-electron chi connectivity index (χ1n) is 11.4. The first kappa shape index (κ1) is 24.7. The Bertz CT molecular complexity index is 650. The second kappa shape index (κ2) is 14.4.